The van der Waals surface area contributed by atoms with Crippen LogP contribution in [0.5, 0.6) is 0 Å². The molecule has 0 saturated carbocycles. The van der Waals surface area contributed by atoms with E-state index >= 15 is 0 Å². The van der Waals surface area contributed by atoms with Crippen molar-refractivity contribution in [3.05, 3.63) is 41.2 Å². The van der Waals surface area contributed by atoms with Gasteiger partial charge in [0.05, 0.1) is 0 Å². The molecule has 0 aromatic rings. The molecule has 0 heterocycles. The maximum atomic E-state index is 10.5. The predicted molar refractivity (Wildman–Crippen MR) is 95.5 cm³/mol. The van der Waals surface area contributed by atoms with Crippen LogP contribution in [0.3, 0.4) is 0 Å². The van der Waals surface area contributed by atoms with Gasteiger partial charge in [0.2, 0.25) is 0 Å². The molecule has 0 unspecified atom stereocenters. The zero-order valence-electron chi connectivity index (χ0n) is 14.6. The van der Waals surface area contributed by atoms with Crippen LogP contribution in [0, 0.1) is 0 Å². The highest BCUT2D eigenvalue weighted by molar-refractivity contribution is 5.75. The van der Waals surface area contributed by atoms with E-state index in [0.717, 1.165) is 25.7 Å². The molecule has 0 aliphatic heterocycles. The van der Waals surface area contributed by atoms with Crippen LogP contribution in [-0.4, -0.2) is 27.1 Å². The first-order chi connectivity index (χ1) is 11.5. The molecule has 0 spiro atoms. The van der Waals surface area contributed by atoms with Gasteiger partial charge in [-0.15, -0.1) is 5.73 Å². The molecule has 1 aliphatic rings. The van der Waals surface area contributed by atoms with Crippen molar-refractivity contribution in [2.45, 2.75) is 76.9 Å². The Morgan fingerprint density at radius 1 is 1.21 bits per heavy atom. The molecule has 4 heteroatoms. The number of carboxylic acid groups (broad SMARTS) is 1. The van der Waals surface area contributed by atoms with Gasteiger partial charge in [0.1, 0.15) is 0 Å². The summed E-state index contributed by atoms with van der Waals surface area (Å²) < 4.78 is 0. The van der Waals surface area contributed by atoms with Crippen molar-refractivity contribution in [3.63, 3.8) is 0 Å². The van der Waals surface area contributed by atoms with Gasteiger partial charge in [-0.05, 0) is 56.3 Å². The van der Waals surface area contributed by atoms with E-state index in [0.29, 0.717) is 0 Å². The van der Waals surface area contributed by atoms with Crippen molar-refractivity contribution in [1.82, 2.24) is 0 Å². The maximum absolute atomic E-state index is 10.5. The highest BCUT2D eigenvalue weighted by atomic mass is 16.5. The molecule has 0 atom stereocenters. The van der Waals surface area contributed by atoms with Crippen molar-refractivity contribution in [3.8, 4) is 0 Å². The normalized spacial score (nSPS) is 15.0. The Morgan fingerprint density at radius 2 is 2.00 bits per heavy atom. The summed E-state index contributed by atoms with van der Waals surface area (Å²) in [4.78, 5) is 10.5. The molecule has 3 N–H and O–H groups in total. The van der Waals surface area contributed by atoms with E-state index in [4.69, 9.17) is 5.11 Å². The van der Waals surface area contributed by atoms with Gasteiger partial charge in [0, 0.05) is 6.42 Å². The van der Waals surface area contributed by atoms with Gasteiger partial charge in [0.15, 0.2) is 0 Å². The second-order valence-corrected chi connectivity index (χ2v) is 6.34. The van der Waals surface area contributed by atoms with Gasteiger partial charge in [0.25, 0.3) is 5.79 Å². The van der Waals surface area contributed by atoms with Crippen molar-refractivity contribution < 1.29 is 20.1 Å². The van der Waals surface area contributed by atoms with E-state index in [9.17, 15) is 15.0 Å². The fourth-order valence-corrected chi connectivity index (χ4v) is 2.73. The third-order valence-corrected chi connectivity index (χ3v) is 4.24. The van der Waals surface area contributed by atoms with E-state index in [1.807, 2.05) is 6.08 Å². The Bertz CT molecular complexity index is 520. The first kappa shape index (κ1) is 20.4. The second-order valence-electron chi connectivity index (χ2n) is 6.34. The average Bonchev–Trinajstić information content (AvgIpc) is 2.97. The fourth-order valence-electron chi connectivity index (χ4n) is 2.73. The molecule has 0 aromatic heterocycles. The summed E-state index contributed by atoms with van der Waals surface area (Å²) in [7, 11) is 0. The Morgan fingerprint density at radius 3 is 2.71 bits per heavy atom. The Balaban J connectivity index is 2.45. The molecule has 134 valence electrons. The molecule has 0 aromatic carbocycles. The van der Waals surface area contributed by atoms with E-state index in [1.54, 1.807) is 0 Å². The lowest BCUT2D eigenvalue weighted by atomic mass is 10.1. The minimum absolute atomic E-state index is 0.373. The SMILES string of the molecule is CCCCCCC=CC1=C(CC=C=CCC(O)(O)C(=O)O)CCC1. The molecule has 0 amide bonds. The highest BCUT2D eigenvalue weighted by Crippen LogP contribution is 2.29. The molecular formula is C20H30O4. The zero-order valence-corrected chi connectivity index (χ0v) is 14.6. The molecule has 1 rings (SSSR count). The second kappa shape index (κ2) is 11.0. The van der Waals surface area contributed by atoms with Gasteiger partial charge in [-0.25, -0.2) is 4.79 Å². The van der Waals surface area contributed by atoms with Gasteiger partial charge in [-0.1, -0.05) is 43.9 Å². The number of carboxylic acids is 1. The molecule has 24 heavy (non-hydrogen) atoms. The number of hydrogen-bond donors (Lipinski definition) is 3. The van der Waals surface area contributed by atoms with Crippen molar-refractivity contribution in [2.24, 2.45) is 0 Å². The maximum Gasteiger partial charge on any atom is 0.364 e. The lowest BCUT2D eigenvalue weighted by Gasteiger charge is -2.12. The average molecular weight is 334 g/mol. The lowest BCUT2D eigenvalue weighted by molar-refractivity contribution is -0.201. The summed E-state index contributed by atoms with van der Waals surface area (Å²) in [6.45, 7) is 2.22. The molecule has 0 saturated heterocycles. The van der Waals surface area contributed by atoms with Crippen LogP contribution >= 0.6 is 0 Å². The number of rotatable bonds is 11. The number of aliphatic carboxylic acids is 1. The third-order valence-electron chi connectivity index (χ3n) is 4.24. The summed E-state index contributed by atoms with van der Waals surface area (Å²) >= 11 is 0. The summed E-state index contributed by atoms with van der Waals surface area (Å²) in [5.41, 5.74) is 5.65. The van der Waals surface area contributed by atoms with E-state index in [1.165, 1.54) is 49.3 Å². The molecule has 0 radical (unpaired) electrons. The molecule has 0 bridgehead atoms. The Hall–Kier alpha value is -1.61. The molecule has 0 fully saturated rings. The van der Waals surface area contributed by atoms with E-state index in [-0.39, 0.29) is 6.42 Å². The smallest absolute Gasteiger partial charge is 0.364 e. The minimum Gasteiger partial charge on any atom is -0.477 e. The molecule has 1 aliphatic carbocycles. The minimum atomic E-state index is -2.71. The van der Waals surface area contributed by atoms with Crippen LogP contribution < -0.4 is 0 Å². The zero-order chi connectivity index (χ0) is 17.8. The number of aliphatic hydroxyl groups is 2. The van der Waals surface area contributed by atoms with Crippen LogP contribution in [0.2, 0.25) is 0 Å². The first-order valence-corrected chi connectivity index (χ1v) is 8.92. The van der Waals surface area contributed by atoms with Gasteiger partial charge in [-0.3, -0.25) is 0 Å². The van der Waals surface area contributed by atoms with E-state index < -0.39 is 11.8 Å². The van der Waals surface area contributed by atoms with Crippen LogP contribution in [-0.2, 0) is 4.79 Å². The lowest BCUT2D eigenvalue weighted by Crippen LogP contribution is -2.37. The van der Waals surface area contributed by atoms with Crippen molar-refractivity contribution in [1.29, 1.82) is 0 Å². The van der Waals surface area contributed by atoms with Crippen LogP contribution in [0.15, 0.2) is 41.2 Å². The monoisotopic (exact) mass is 334 g/mol. The quantitative estimate of drug-likeness (QED) is 0.300. The largest absolute Gasteiger partial charge is 0.477 e. The summed E-state index contributed by atoms with van der Waals surface area (Å²) in [5, 5.41) is 26.9. The standard InChI is InChI=1S/C20H30O4/c1-2-3-4-5-6-8-12-17-14-11-15-18(17)13-9-7-10-16-20(23,24)19(21)22/h8-10,12,23-24H,2-6,11,13-16H2,1H3,(H,21,22). The van der Waals surface area contributed by atoms with Crippen LogP contribution in [0.4, 0.5) is 0 Å². The van der Waals surface area contributed by atoms with Crippen molar-refractivity contribution in [2.75, 3.05) is 0 Å². The topological polar surface area (TPSA) is 77.8 Å². The number of hydrogen-bond acceptors (Lipinski definition) is 3. The van der Waals surface area contributed by atoms with E-state index in [2.05, 4.69) is 24.8 Å². The van der Waals surface area contributed by atoms with Gasteiger partial charge < -0.3 is 15.3 Å². The first-order valence-electron chi connectivity index (χ1n) is 8.92. The Kier molecular flexibility index (Phi) is 9.39. The molecular weight excluding hydrogens is 304 g/mol. The summed E-state index contributed by atoms with van der Waals surface area (Å²) in [5.74, 6) is -4.36. The summed E-state index contributed by atoms with van der Waals surface area (Å²) in [6.07, 6.45) is 17.8. The third kappa shape index (κ3) is 7.78. The molecule has 4 nitrogen and oxygen atoms in total. The number of allylic oxidation sites excluding steroid dienone is 4. The number of carbonyl (C=O) groups is 1. The number of unbranched alkanes of at least 4 members (excludes halogenated alkanes) is 4. The van der Waals surface area contributed by atoms with Crippen LogP contribution in [0.1, 0.15) is 71.1 Å². The summed E-state index contributed by atoms with van der Waals surface area (Å²) in [6, 6.07) is 0. The van der Waals surface area contributed by atoms with Crippen molar-refractivity contribution >= 4 is 5.97 Å². The van der Waals surface area contributed by atoms with Crippen LogP contribution in [0.25, 0.3) is 0 Å². The highest BCUT2D eigenvalue weighted by Gasteiger charge is 2.31. The predicted octanol–water partition coefficient (Wildman–Crippen LogP) is 4.25. The van der Waals surface area contributed by atoms with Gasteiger partial charge in [-0.2, -0.15) is 0 Å². The Labute approximate surface area is 144 Å². The van der Waals surface area contributed by atoms with Gasteiger partial charge >= 0.3 is 5.97 Å². The fraction of sp³-hybridized carbons (Fsp3) is 0.600.